The number of benzene rings is 1. The molecule has 1 aromatic rings. The Bertz CT molecular complexity index is 452. The van der Waals surface area contributed by atoms with Crippen molar-refractivity contribution in [3.63, 3.8) is 0 Å². The number of halogens is 2. The summed E-state index contributed by atoms with van der Waals surface area (Å²) in [7, 11) is 0. The molecule has 0 aromatic heterocycles. The van der Waals surface area contributed by atoms with E-state index in [0.717, 1.165) is 13.2 Å². The van der Waals surface area contributed by atoms with Crippen molar-refractivity contribution in [3.8, 4) is 11.5 Å². The summed E-state index contributed by atoms with van der Waals surface area (Å²) >= 11 is 0. The molecular weight excluding hydrogens is 242 g/mol. The Hall–Kier alpha value is -1.65. The van der Waals surface area contributed by atoms with Gasteiger partial charge < -0.3 is 14.3 Å². The number of hydrogen-bond acceptors (Lipinski definition) is 3. The number of aryl methyl sites for hydroxylation is 1. The van der Waals surface area contributed by atoms with E-state index in [0.29, 0.717) is 36.7 Å². The minimum absolute atomic E-state index is 0.118. The molecule has 0 aliphatic carbocycles. The fraction of sp³-hybridized carbons (Fsp3) is 0.462. The first-order valence-corrected chi connectivity index (χ1v) is 5.77. The van der Waals surface area contributed by atoms with Crippen LogP contribution in [0, 0.1) is 0 Å². The zero-order chi connectivity index (χ0) is 13.2. The van der Waals surface area contributed by atoms with E-state index >= 15 is 0 Å². The first-order valence-electron chi connectivity index (χ1n) is 5.77. The van der Waals surface area contributed by atoms with Crippen molar-refractivity contribution in [2.45, 2.75) is 25.7 Å². The molecule has 0 radical (unpaired) electrons. The molecule has 1 aromatic carbocycles. The Morgan fingerprint density at radius 1 is 1.33 bits per heavy atom. The van der Waals surface area contributed by atoms with E-state index < -0.39 is 5.92 Å². The highest BCUT2D eigenvalue weighted by Gasteiger charge is 2.28. The smallest absolute Gasteiger partial charge is 0.270 e. The summed E-state index contributed by atoms with van der Waals surface area (Å²) in [5.74, 6) is -2.12. The number of carbonyl (C=O) groups is 1. The van der Waals surface area contributed by atoms with Gasteiger partial charge in [0.15, 0.2) is 11.5 Å². The lowest BCUT2D eigenvalue weighted by atomic mass is 10.0. The minimum Gasteiger partial charge on any atom is -0.486 e. The van der Waals surface area contributed by atoms with Gasteiger partial charge in [0.05, 0.1) is 0 Å². The highest BCUT2D eigenvalue weighted by molar-refractivity contribution is 5.55. The molecular formula is C13H14F2O3. The summed E-state index contributed by atoms with van der Waals surface area (Å²) < 4.78 is 37.5. The van der Waals surface area contributed by atoms with E-state index in [4.69, 9.17) is 9.47 Å². The van der Waals surface area contributed by atoms with Gasteiger partial charge in [-0.25, -0.2) is 8.78 Å². The molecule has 1 aliphatic heterocycles. The number of ether oxygens (including phenoxy) is 2. The van der Waals surface area contributed by atoms with Gasteiger partial charge in [0.1, 0.15) is 19.5 Å². The Morgan fingerprint density at radius 2 is 2.06 bits per heavy atom. The van der Waals surface area contributed by atoms with Gasteiger partial charge in [0, 0.05) is 18.9 Å². The largest absolute Gasteiger partial charge is 0.486 e. The maximum Gasteiger partial charge on any atom is 0.270 e. The van der Waals surface area contributed by atoms with Crippen molar-refractivity contribution < 1.29 is 23.0 Å². The maximum absolute atomic E-state index is 13.4. The van der Waals surface area contributed by atoms with Gasteiger partial charge in [-0.05, 0) is 24.1 Å². The lowest BCUT2D eigenvalue weighted by molar-refractivity contribution is -0.107. The molecule has 0 unspecified atom stereocenters. The van der Waals surface area contributed by atoms with Crippen LogP contribution in [-0.4, -0.2) is 19.5 Å². The fourth-order valence-corrected chi connectivity index (χ4v) is 1.88. The van der Waals surface area contributed by atoms with Crippen molar-refractivity contribution in [1.82, 2.24) is 0 Å². The van der Waals surface area contributed by atoms with Crippen molar-refractivity contribution in [3.05, 3.63) is 23.3 Å². The Labute approximate surface area is 104 Å². The van der Waals surface area contributed by atoms with E-state index in [1.165, 1.54) is 12.1 Å². The Morgan fingerprint density at radius 3 is 2.72 bits per heavy atom. The van der Waals surface area contributed by atoms with Crippen molar-refractivity contribution in [2.24, 2.45) is 0 Å². The van der Waals surface area contributed by atoms with Gasteiger partial charge in [0.25, 0.3) is 5.92 Å². The van der Waals surface area contributed by atoms with Crippen LogP contribution >= 0.6 is 0 Å². The van der Waals surface area contributed by atoms with Crippen LogP contribution in [0.15, 0.2) is 12.1 Å². The van der Waals surface area contributed by atoms with Crippen LogP contribution in [0.4, 0.5) is 8.78 Å². The molecule has 0 amide bonds. The Kier molecular flexibility index (Phi) is 3.50. The van der Waals surface area contributed by atoms with E-state index in [-0.39, 0.29) is 12.0 Å². The van der Waals surface area contributed by atoms with Gasteiger partial charge in [-0.15, -0.1) is 0 Å². The molecule has 1 aliphatic rings. The van der Waals surface area contributed by atoms with Gasteiger partial charge in [0.2, 0.25) is 0 Å². The molecule has 0 bridgehead atoms. The molecule has 0 spiro atoms. The number of alkyl halides is 2. The van der Waals surface area contributed by atoms with Crippen molar-refractivity contribution in [2.75, 3.05) is 13.2 Å². The summed E-state index contributed by atoms with van der Waals surface area (Å²) in [6.45, 7) is 1.57. The van der Waals surface area contributed by atoms with Crippen molar-refractivity contribution in [1.29, 1.82) is 0 Å². The average Bonchev–Trinajstić information content (AvgIpc) is 2.34. The summed E-state index contributed by atoms with van der Waals surface area (Å²) in [4.78, 5) is 10.4. The summed E-state index contributed by atoms with van der Waals surface area (Å²) in [5, 5.41) is 0. The van der Waals surface area contributed by atoms with E-state index in [9.17, 15) is 13.6 Å². The number of fused-ring (bicyclic) bond motifs is 1. The van der Waals surface area contributed by atoms with Gasteiger partial charge in [-0.1, -0.05) is 0 Å². The third kappa shape index (κ3) is 2.60. The third-order valence-corrected chi connectivity index (χ3v) is 2.76. The molecule has 2 rings (SSSR count). The molecule has 0 saturated carbocycles. The minimum atomic E-state index is -2.94. The number of carbonyl (C=O) groups excluding carboxylic acids is 1. The highest BCUT2D eigenvalue weighted by atomic mass is 19.3. The van der Waals surface area contributed by atoms with Gasteiger partial charge in [-0.3, -0.25) is 0 Å². The third-order valence-electron chi connectivity index (χ3n) is 2.76. The lowest BCUT2D eigenvalue weighted by Crippen LogP contribution is -2.18. The monoisotopic (exact) mass is 256 g/mol. The number of aldehydes is 1. The lowest BCUT2D eigenvalue weighted by Gasteiger charge is -2.23. The SMILES string of the molecule is CC(F)(F)c1cc(CCC=O)c2c(c1)OCCO2. The topological polar surface area (TPSA) is 35.5 Å². The molecule has 98 valence electrons. The number of hydrogen-bond donors (Lipinski definition) is 0. The average molecular weight is 256 g/mol. The molecule has 18 heavy (non-hydrogen) atoms. The van der Waals surface area contributed by atoms with Crippen LogP contribution in [0.2, 0.25) is 0 Å². The highest BCUT2D eigenvalue weighted by Crippen LogP contribution is 2.40. The van der Waals surface area contributed by atoms with E-state index in [2.05, 4.69) is 0 Å². The molecule has 1 heterocycles. The quantitative estimate of drug-likeness (QED) is 0.777. The second-order valence-electron chi connectivity index (χ2n) is 4.25. The van der Waals surface area contributed by atoms with Crippen LogP contribution in [0.3, 0.4) is 0 Å². The molecule has 5 heteroatoms. The van der Waals surface area contributed by atoms with Crippen LogP contribution in [0.5, 0.6) is 11.5 Å². The molecule has 3 nitrogen and oxygen atoms in total. The zero-order valence-electron chi connectivity index (χ0n) is 10.0. The van der Waals surface area contributed by atoms with E-state index in [1.54, 1.807) is 0 Å². The van der Waals surface area contributed by atoms with Gasteiger partial charge >= 0.3 is 0 Å². The van der Waals surface area contributed by atoms with Crippen LogP contribution < -0.4 is 9.47 Å². The molecule has 0 saturated heterocycles. The first-order chi connectivity index (χ1) is 8.52. The van der Waals surface area contributed by atoms with Crippen LogP contribution in [0.1, 0.15) is 24.5 Å². The summed E-state index contributed by atoms with van der Waals surface area (Å²) in [6.07, 6.45) is 1.40. The van der Waals surface area contributed by atoms with Crippen molar-refractivity contribution >= 4 is 6.29 Å². The second kappa shape index (κ2) is 4.92. The maximum atomic E-state index is 13.4. The predicted octanol–water partition coefficient (Wildman–Crippen LogP) is 2.70. The standard InChI is InChI=1S/C13H14F2O3/c1-13(14,15)10-7-9(3-2-4-16)12-11(8-10)17-5-6-18-12/h4,7-8H,2-3,5-6H2,1H3. The zero-order valence-corrected chi connectivity index (χ0v) is 10.0. The Balaban J connectivity index is 2.44. The van der Waals surface area contributed by atoms with Gasteiger partial charge in [-0.2, -0.15) is 0 Å². The molecule has 0 N–H and O–H groups in total. The van der Waals surface area contributed by atoms with Crippen LogP contribution in [0.25, 0.3) is 0 Å². The molecule has 0 fully saturated rings. The number of rotatable bonds is 4. The molecule has 0 atom stereocenters. The van der Waals surface area contributed by atoms with Crippen LogP contribution in [-0.2, 0) is 17.1 Å². The normalized spacial score (nSPS) is 14.4. The second-order valence-corrected chi connectivity index (χ2v) is 4.25. The predicted molar refractivity (Wildman–Crippen MR) is 61.4 cm³/mol. The first kappa shape index (κ1) is 12.8. The van der Waals surface area contributed by atoms with E-state index in [1.807, 2.05) is 0 Å². The summed E-state index contributed by atoms with van der Waals surface area (Å²) in [6, 6.07) is 2.69. The fourth-order valence-electron chi connectivity index (χ4n) is 1.88. The summed E-state index contributed by atoms with van der Waals surface area (Å²) in [5.41, 5.74) is 0.475.